The molecule has 0 bridgehead atoms. The summed E-state index contributed by atoms with van der Waals surface area (Å²) in [5.41, 5.74) is 2.90. The number of benzene rings is 1. The molecule has 3 rings (SSSR count). The van der Waals surface area contributed by atoms with E-state index in [1.165, 1.54) is 24.3 Å². The van der Waals surface area contributed by atoms with Crippen LogP contribution in [0.3, 0.4) is 0 Å². The number of hydrogen-bond acceptors (Lipinski definition) is 5. The van der Waals surface area contributed by atoms with Crippen molar-refractivity contribution in [2.24, 2.45) is 0 Å². The molecule has 2 aromatic rings. The molecule has 1 fully saturated rings. The number of rotatable bonds is 7. The molecule has 6 heteroatoms. The largest absolute Gasteiger partial charge is 0.482 e. The van der Waals surface area contributed by atoms with Crippen LogP contribution in [0.15, 0.2) is 42.6 Å². The molecule has 0 spiro atoms. The van der Waals surface area contributed by atoms with Crippen molar-refractivity contribution >= 4 is 17.7 Å². The Morgan fingerprint density at radius 3 is 2.81 bits per heavy atom. The molecule has 0 unspecified atom stereocenters. The summed E-state index contributed by atoms with van der Waals surface area (Å²) in [4.78, 5) is 17.7. The van der Waals surface area contributed by atoms with Crippen LogP contribution in [0.4, 0.5) is 0 Å². The van der Waals surface area contributed by atoms with Crippen LogP contribution < -0.4 is 4.74 Å². The zero-order chi connectivity index (χ0) is 18.4. The van der Waals surface area contributed by atoms with E-state index < -0.39 is 5.97 Å². The first-order chi connectivity index (χ1) is 12.6. The lowest BCUT2D eigenvalue weighted by Gasteiger charge is -2.31. The van der Waals surface area contributed by atoms with E-state index in [-0.39, 0.29) is 6.61 Å². The minimum atomic E-state index is -0.970. The van der Waals surface area contributed by atoms with Crippen LogP contribution in [0.5, 0.6) is 5.75 Å². The van der Waals surface area contributed by atoms with Gasteiger partial charge < -0.3 is 9.84 Å². The summed E-state index contributed by atoms with van der Waals surface area (Å²) in [5, 5.41) is 8.94. The molecular formula is C20H24N2O3S. The second kappa shape index (κ2) is 9.05. The van der Waals surface area contributed by atoms with E-state index >= 15 is 0 Å². The number of aromatic nitrogens is 1. The first-order valence-corrected chi connectivity index (χ1v) is 9.96. The van der Waals surface area contributed by atoms with Gasteiger partial charge in [-0.2, -0.15) is 11.8 Å². The summed E-state index contributed by atoms with van der Waals surface area (Å²) < 4.78 is 5.53. The average Bonchev–Trinajstić information content (AvgIpc) is 2.68. The third-order valence-corrected chi connectivity index (χ3v) is 5.65. The van der Waals surface area contributed by atoms with Crippen LogP contribution in [0.25, 0.3) is 11.3 Å². The van der Waals surface area contributed by atoms with Gasteiger partial charge in [0.05, 0.1) is 5.69 Å². The van der Waals surface area contributed by atoms with Crippen LogP contribution in [0.2, 0.25) is 0 Å². The average molecular weight is 372 g/mol. The van der Waals surface area contributed by atoms with Gasteiger partial charge in [0.15, 0.2) is 6.61 Å². The number of carbonyl (C=O) groups is 1. The summed E-state index contributed by atoms with van der Waals surface area (Å²) >= 11 is 2.01. The molecule has 0 atom stereocenters. The second-order valence-electron chi connectivity index (χ2n) is 6.48. The molecule has 5 nitrogen and oxygen atoms in total. The SMILES string of the molecule is CN(Cc1cc(-c2ccccn2)ccc1OCC(=O)O)C1CCSCC1. The normalized spacial score (nSPS) is 15.2. The maximum Gasteiger partial charge on any atom is 0.341 e. The van der Waals surface area contributed by atoms with Gasteiger partial charge in [-0.3, -0.25) is 9.88 Å². The summed E-state index contributed by atoms with van der Waals surface area (Å²) in [6.07, 6.45) is 4.15. The zero-order valence-corrected chi connectivity index (χ0v) is 15.7. The second-order valence-corrected chi connectivity index (χ2v) is 7.70. The predicted octanol–water partition coefficient (Wildman–Crippen LogP) is 3.54. The highest BCUT2D eigenvalue weighted by Crippen LogP contribution is 2.29. The lowest BCUT2D eigenvalue weighted by Crippen LogP contribution is -2.34. The van der Waals surface area contributed by atoms with E-state index in [4.69, 9.17) is 9.84 Å². The molecule has 0 radical (unpaired) electrons. The lowest BCUT2D eigenvalue weighted by molar-refractivity contribution is -0.139. The van der Waals surface area contributed by atoms with Crippen molar-refractivity contribution in [1.29, 1.82) is 0 Å². The van der Waals surface area contributed by atoms with Crippen molar-refractivity contribution < 1.29 is 14.6 Å². The van der Waals surface area contributed by atoms with Crippen LogP contribution in [0, 0.1) is 0 Å². The monoisotopic (exact) mass is 372 g/mol. The molecule has 1 saturated heterocycles. The Hall–Kier alpha value is -2.05. The molecule has 1 aromatic carbocycles. The number of nitrogens with zero attached hydrogens (tertiary/aromatic N) is 2. The van der Waals surface area contributed by atoms with Gasteiger partial charge in [0, 0.05) is 29.9 Å². The van der Waals surface area contributed by atoms with Crippen molar-refractivity contribution in [1.82, 2.24) is 9.88 Å². The van der Waals surface area contributed by atoms with Crippen molar-refractivity contribution in [2.75, 3.05) is 25.2 Å². The van der Waals surface area contributed by atoms with E-state index in [9.17, 15) is 4.79 Å². The van der Waals surface area contributed by atoms with Gasteiger partial charge in [-0.1, -0.05) is 6.07 Å². The van der Waals surface area contributed by atoms with Crippen LogP contribution in [-0.4, -0.2) is 52.2 Å². The van der Waals surface area contributed by atoms with E-state index in [1.807, 2.05) is 42.1 Å². The number of carboxylic acids is 1. The highest BCUT2D eigenvalue weighted by Gasteiger charge is 2.20. The minimum absolute atomic E-state index is 0.334. The molecule has 0 amide bonds. The van der Waals surface area contributed by atoms with Gasteiger partial charge in [0.25, 0.3) is 0 Å². The highest BCUT2D eigenvalue weighted by atomic mass is 32.2. The van der Waals surface area contributed by atoms with Gasteiger partial charge in [-0.05, 0) is 61.7 Å². The Kier molecular flexibility index (Phi) is 6.52. The standard InChI is InChI=1S/C20H24N2O3S/c1-22(17-7-10-26-11-8-17)13-16-12-15(18-4-2-3-9-21-18)5-6-19(16)25-14-20(23)24/h2-6,9,12,17H,7-8,10-11,13-14H2,1H3,(H,23,24). The van der Waals surface area contributed by atoms with Crippen molar-refractivity contribution in [3.05, 3.63) is 48.2 Å². The van der Waals surface area contributed by atoms with Gasteiger partial charge in [-0.15, -0.1) is 0 Å². The maximum absolute atomic E-state index is 10.9. The molecule has 0 saturated carbocycles. The maximum atomic E-state index is 10.9. The smallest absolute Gasteiger partial charge is 0.341 e. The molecule has 26 heavy (non-hydrogen) atoms. The van der Waals surface area contributed by atoms with Gasteiger partial charge in [0.1, 0.15) is 5.75 Å². The predicted molar refractivity (Wildman–Crippen MR) is 105 cm³/mol. The van der Waals surface area contributed by atoms with Crippen LogP contribution in [0.1, 0.15) is 18.4 Å². The molecule has 1 aliphatic rings. The fraction of sp³-hybridized carbons (Fsp3) is 0.400. The summed E-state index contributed by atoms with van der Waals surface area (Å²) in [5.74, 6) is 2.06. The summed E-state index contributed by atoms with van der Waals surface area (Å²) in [7, 11) is 2.13. The number of aliphatic carboxylic acids is 1. The Morgan fingerprint density at radius 2 is 2.12 bits per heavy atom. The Labute approximate surface area is 158 Å². The zero-order valence-electron chi connectivity index (χ0n) is 14.9. The van der Waals surface area contributed by atoms with Gasteiger partial charge >= 0.3 is 5.97 Å². The number of ether oxygens (including phenoxy) is 1. The topological polar surface area (TPSA) is 62.7 Å². The quantitative estimate of drug-likeness (QED) is 0.802. The fourth-order valence-electron chi connectivity index (χ4n) is 3.20. The first kappa shape index (κ1) is 18.7. The third kappa shape index (κ3) is 4.99. The summed E-state index contributed by atoms with van der Waals surface area (Å²) in [6, 6.07) is 12.2. The van der Waals surface area contributed by atoms with Gasteiger partial charge in [-0.25, -0.2) is 4.79 Å². The minimum Gasteiger partial charge on any atom is -0.482 e. The number of pyridine rings is 1. The molecular weight excluding hydrogens is 348 g/mol. The first-order valence-electron chi connectivity index (χ1n) is 8.80. The number of hydrogen-bond donors (Lipinski definition) is 1. The Bertz CT molecular complexity index is 733. The highest BCUT2D eigenvalue weighted by molar-refractivity contribution is 7.99. The molecule has 1 aliphatic heterocycles. The third-order valence-electron chi connectivity index (χ3n) is 4.61. The van der Waals surface area contributed by atoms with Crippen molar-refractivity contribution in [3.63, 3.8) is 0 Å². The van der Waals surface area contributed by atoms with E-state index in [0.717, 1.165) is 23.4 Å². The fourth-order valence-corrected chi connectivity index (χ4v) is 4.28. The molecule has 2 heterocycles. The lowest BCUT2D eigenvalue weighted by atomic mass is 10.0. The van der Waals surface area contributed by atoms with Crippen molar-refractivity contribution in [2.45, 2.75) is 25.4 Å². The van der Waals surface area contributed by atoms with E-state index in [2.05, 4.69) is 23.0 Å². The van der Waals surface area contributed by atoms with Crippen LogP contribution >= 0.6 is 11.8 Å². The summed E-state index contributed by atoms with van der Waals surface area (Å²) in [6.45, 7) is 0.394. The van der Waals surface area contributed by atoms with Crippen molar-refractivity contribution in [3.8, 4) is 17.0 Å². The van der Waals surface area contributed by atoms with E-state index in [1.54, 1.807) is 6.20 Å². The van der Waals surface area contributed by atoms with Gasteiger partial charge in [0.2, 0.25) is 0 Å². The molecule has 0 aliphatic carbocycles. The Morgan fingerprint density at radius 1 is 1.31 bits per heavy atom. The van der Waals surface area contributed by atoms with Crippen LogP contribution in [-0.2, 0) is 11.3 Å². The van der Waals surface area contributed by atoms with E-state index in [0.29, 0.717) is 11.8 Å². The Balaban J connectivity index is 1.83. The molecule has 1 aromatic heterocycles. The number of carboxylic acid groups (broad SMARTS) is 1. The molecule has 1 N–H and O–H groups in total. The molecule has 138 valence electrons. The number of thioether (sulfide) groups is 1.